The molecule has 2 bridgehead atoms. The van der Waals surface area contributed by atoms with E-state index in [0.29, 0.717) is 49.6 Å². The Kier molecular flexibility index (Phi) is 4.69. The van der Waals surface area contributed by atoms with Crippen LogP contribution in [-0.4, -0.2) is 38.9 Å². The summed E-state index contributed by atoms with van der Waals surface area (Å²) in [6.07, 6.45) is 3.81. The van der Waals surface area contributed by atoms with Crippen molar-refractivity contribution in [3.05, 3.63) is 17.7 Å². The number of carbonyl (C=O) groups is 1. The van der Waals surface area contributed by atoms with Gasteiger partial charge in [0.1, 0.15) is 13.2 Å². The molecule has 0 aromatic heterocycles. The Morgan fingerprint density at radius 3 is 2.80 bits per heavy atom. The summed E-state index contributed by atoms with van der Waals surface area (Å²) in [5.74, 6) is 3.23. The van der Waals surface area contributed by atoms with Crippen LogP contribution in [0.1, 0.15) is 58.1 Å². The van der Waals surface area contributed by atoms with Gasteiger partial charge in [0.05, 0.1) is 13.2 Å². The smallest absolute Gasteiger partial charge is 0.219 e. The molecule has 164 valence electrons. The number of carbonyl (C=O) groups excluding carboxylic acids is 1. The zero-order valence-electron chi connectivity index (χ0n) is 18.5. The van der Waals surface area contributed by atoms with Gasteiger partial charge in [-0.25, -0.2) is 0 Å². The molecule has 1 N–H and O–H groups in total. The molecule has 30 heavy (non-hydrogen) atoms. The molecule has 2 heterocycles. The fraction of sp³-hybridized carbons (Fsp3) is 0.708. The minimum absolute atomic E-state index is 0.0226. The van der Waals surface area contributed by atoms with Crippen molar-refractivity contribution in [1.29, 1.82) is 0 Å². The van der Waals surface area contributed by atoms with Crippen LogP contribution in [0.3, 0.4) is 0 Å². The molecule has 4 aliphatic rings. The highest BCUT2D eigenvalue weighted by Gasteiger charge is 2.68. The summed E-state index contributed by atoms with van der Waals surface area (Å²) in [6, 6.07) is 4.30. The number of benzene rings is 1. The zero-order chi connectivity index (χ0) is 21.1. The van der Waals surface area contributed by atoms with Gasteiger partial charge in [0, 0.05) is 19.1 Å². The molecule has 1 amide bonds. The topological polar surface area (TPSA) is 66.0 Å². The summed E-state index contributed by atoms with van der Waals surface area (Å²) in [5, 5.41) is 3.42. The van der Waals surface area contributed by atoms with Crippen molar-refractivity contribution in [3.8, 4) is 17.2 Å². The van der Waals surface area contributed by atoms with Gasteiger partial charge in [-0.3, -0.25) is 4.79 Å². The minimum Gasteiger partial charge on any atom is -0.493 e. The normalized spacial score (nSPS) is 35.6. The molecule has 2 aliphatic carbocycles. The lowest BCUT2D eigenvalue weighted by Crippen LogP contribution is -2.58. The number of nitrogens with one attached hydrogen (secondary N) is 1. The predicted octanol–water partition coefficient (Wildman–Crippen LogP) is 3.88. The monoisotopic (exact) mass is 415 g/mol. The van der Waals surface area contributed by atoms with Gasteiger partial charge in [-0.15, -0.1) is 0 Å². The van der Waals surface area contributed by atoms with Gasteiger partial charge in [0.2, 0.25) is 11.7 Å². The summed E-state index contributed by atoms with van der Waals surface area (Å²) >= 11 is 0. The van der Waals surface area contributed by atoms with Crippen LogP contribution in [0, 0.1) is 22.7 Å². The van der Waals surface area contributed by atoms with Crippen LogP contribution in [0.25, 0.3) is 0 Å². The SMILES string of the molecule is CCC(=O)N[C@H]1C(C)(C)[C@@H]2C[C@@H]3[C@@H](c4cc(OC)c5c(c4)OCCO5)OCC[C@@]31C2. The molecule has 3 fully saturated rings. The first-order chi connectivity index (χ1) is 14.4. The van der Waals surface area contributed by atoms with E-state index < -0.39 is 0 Å². The quantitative estimate of drug-likeness (QED) is 0.809. The molecule has 1 aromatic rings. The molecule has 1 spiro atoms. The lowest BCUT2D eigenvalue weighted by atomic mass is 9.59. The third-order valence-electron chi connectivity index (χ3n) is 8.31. The van der Waals surface area contributed by atoms with Crippen molar-refractivity contribution >= 4 is 5.91 Å². The van der Waals surface area contributed by atoms with Crippen molar-refractivity contribution in [2.24, 2.45) is 22.7 Å². The van der Waals surface area contributed by atoms with Crippen LogP contribution in [-0.2, 0) is 9.53 Å². The van der Waals surface area contributed by atoms with Crippen LogP contribution in [0.15, 0.2) is 12.1 Å². The summed E-state index contributed by atoms with van der Waals surface area (Å²) in [6.45, 7) is 8.38. The van der Waals surface area contributed by atoms with Crippen LogP contribution in [0.2, 0.25) is 0 Å². The van der Waals surface area contributed by atoms with Crippen molar-refractivity contribution < 1.29 is 23.7 Å². The van der Waals surface area contributed by atoms with E-state index in [1.807, 2.05) is 13.0 Å². The second-order valence-electron chi connectivity index (χ2n) is 9.94. The molecule has 6 nitrogen and oxygen atoms in total. The van der Waals surface area contributed by atoms with Gasteiger partial charge in [-0.05, 0) is 59.6 Å². The Balaban J connectivity index is 1.52. The Morgan fingerprint density at radius 1 is 1.23 bits per heavy atom. The van der Waals surface area contributed by atoms with E-state index in [0.717, 1.165) is 24.2 Å². The van der Waals surface area contributed by atoms with E-state index in [4.69, 9.17) is 18.9 Å². The van der Waals surface area contributed by atoms with E-state index >= 15 is 0 Å². The maximum absolute atomic E-state index is 12.4. The van der Waals surface area contributed by atoms with Gasteiger partial charge in [-0.2, -0.15) is 0 Å². The Morgan fingerprint density at radius 2 is 2.03 bits per heavy atom. The van der Waals surface area contributed by atoms with E-state index in [1.165, 1.54) is 6.42 Å². The van der Waals surface area contributed by atoms with E-state index in [1.54, 1.807) is 7.11 Å². The maximum Gasteiger partial charge on any atom is 0.219 e. The lowest BCUT2D eigenvalue weighted by Gasteiger charge is -2.53. The third kappa shape index (κ3) is 2.75. The van der Waals surface area contributed by atoms with Crippen molar-refractivity contribution in [3.63, 3.8) is 0 Å². The summed E-state index contributed by atoms with van der Waals surface area (Å²) < 4.78 is 23.7. The second-order valence-corrected chi connectivity index (χ2v) is 9.94. The summed E-state index contributed by atoms with van der Waals surface area (Å²) in [7, 11) is 1.66. The van der Waals surface area contributed by atoms with Crippen molar-refractivity contribution in [2.75, 3.05) is 26.9 Å². The number of hydrogen-bond acceptors (Lipinski definition) is 5. The molecular formula is C24H33NO5. The van der Waals surface area contributed by atoms with Crippen LogP contribution >= 0.6 is 0 Å². The number of rotatable bonds is 4. The summed E-state index contributed by atoms with van der Waals surface area (Å²) in [4.78, 5) is 12.4. The van der Waals surface area contributed by atoms with E-state index in [2.05, 4.69) is 25.2 Å². The first-order valence-corrected chi connectivity index (χ1v) is 11.3. The molecule has 2 saturated carbocycles. The Bertz CT molecular complexity index is 835. The number of ether oxygens (including phenoxy) is 4. The fourth-order valence-electron chi connectivity index (χ4n) is 6.84. The molecule has 6 heteroatoms. The lowest BCUT2D eigenvalue weighted by molar-refractivity contribution is -0.137. The first-order valence-electron chi connectivity index (χ1n) is 11.3. The highest BCUT2D eigenvalue weighted by Crippen LogP contribution is 2.70. The second kappa shape index (κ2) is 7.04. The fourth-order valence-corrected chi connectivity index (χ4v) is 6.84. The van der Waals surface area contributed by atoms with Crippen LogP contribution in [0.5, 0.6) is 17.2 Å². The highest BCUT2D eigenvalue weighted by atomic mass is 16.6. The predicted molar refractivity (Wildman–Crippen MR) is 112 cm³/mol. The molecule has 1 aromatic carbocycles. The molecule has 0 radical (unpaired) electrons. The zero-order valence-corrected chi connectivity index (χ0v) is 18.5. The minimum atomic E-state index is -0.0226. The van der Waals surface area contributed by atoms with Crippen LogP contribution in [0.4, 0.5) is 0 Å². The van der Waals surface area contributed by atoms with Gasteiger partial charge >= 0.3 is 0 Å². The summed E-state index contributed by atoms with van der Waals surface area (Å²) in [5.41, 5.74) is 1.28. The average Bonchev–Trinajstić information content (AvgIpc) is 3.25. The number of amides is 1. The first kappa shape index (κ1) is 20.0. The third-order valence-corrected chi connectivity index (χ3v) is 8.31. The highest BCUT2D eigenvalue weighted by molar-refractivity contribution is 5.76. The molecular weight excluding hydrogens is 382 g/mol. The average molecular weight is 416 g/mol. The molecule has 0 unspecified atom stereocenters. The van der Waals surface area contributed by atoms with Gasteiger partial charge in [-0.1, -0.05) is 20.8 Å². The van der Waals surface area contributed by atoms with Crippen molar-refractivity contribution in [2.45, 2.75) is 58.6 Å². The standard InChI is InChI=1S/C24H33NO5/c1-5-19(26)25-22-23(2,3)15-12-16-20(29-7-6-24(16,22)13-15)14-10-17(27-4)21-18(11-14)28-8-9-30-21/h10-11,15-16,20,22H,5-9,12-13H2,1-4H3,(H,25,26)/t15-,16-,20-,22+,24-/m1/s1. The molecule has 5 rings (SSSR count). The van der Waals surface area contributed by atoms with Gasteiger partial charge in [0.15, 0.2) is 11.5 Å². The molecule has 1 saturated heterocycles. The number of fused-ring (bicyclic) bond motifs is 2. The Hall–Kier alpha value is -1.95. The van der Waals surface area contributed by atoms with Gasteiger partial charge < -0.3 is 24.3 Å². The Labute approximate surface area is 178 Å². The largest absolute Gasteiger partial charge is 0.493 e. The number of hydrogen-bond donors (Lipinski definition) is 1. The van der Waals surface area contributed by atoms with Crippen molar-refractivity contribution in [1.82, 2.24) is 5.32 Å². The van der Waals surface area contributed by atoms with Crippen LogP contribution < -0.4 is 19.5 Å². The van der Waals surface area contributed by atoms with Gasteiger partial charge in [0.25, 0.3) is 0 Å². The van der Waals surface area contributed by atoms with E-state index in [-0.39, 0.29) is 28.9 Å². The molecule has 5 atom stereocenters. The maximum atomic E-state index is 12.4. The van der Waals surface area contributed by atoms with E-state index in [9.17, 15) is 4.79 Å². The number of methoxy groups -OCH3 is 1. The molecule has 2 aliphatic heterocycles.